The zero-order chi connectivity index (χ0) is 15.7. The Balaban J connectivity index is 3.04. The number of hydrogen-bond donors (Lipinski definition) is 0. The lowest BCUT2D eigenvalue weighted by atomic mass is 10.0. The fourth-order valence-corrected chi connectivity index (χ4v) is 1.96. The van der Waals surface area contributed by atoms with Crippen LogP contribution < -0.4 is 4.90 Å². The van der Waals surface area contributed by atoms with Gasteiger partial charge in [0.1, 0.15) is 5.92 Å². The molecule has 4 nitrogen and oxygen atoms in total. The lowest BCUT2D eigenvalue weighted by Gasteiger charge is -2.25. The van der Waals surface area contributed by atoms with E-state index in [9.17, 15) is 9.59 Å². The van der Waals surface area contributed by atoms with Crippen molar-refractivity contribution in [3.8, 4) is 0 Å². The van der Waals surface area contributed by atoms with Crippen LogP contribution in [-0.4, -0.2) is 25.0 Å². The molecule has 112 valence electrons. The number of carbonyl (C=O) groups excluding carboxylic acids is 2. The number of hydrogen-bond acceptors (Lipinski definition) is 3. The molecule has 0 aromatic heterocycles. The third kappa shape index (κ3) is 4.60. The largest absolute Gasteiger partial charge is 0.465 e. The summed E-state index contributed by atoms with van der Waals surface area (Å²) >= 11 is 0. The van der Waals surface area contributed by atoms with Crippen LogP contribution in [0.1, 0.15) is 13.3 Å². The predicted octanol–water partition coefficient (Wildman–Crippen LogP) is 2.96. The first-order chi connectivity index (χ1) is 10.2. The molecule has 0 heterocycles. The van der Waals surface area contributed by atoms with Gasteiger partial charge in [0, 0.05) is 12.2 Å². The molecule has 21 heavy (non-hydrogen) atoms. The Hall–Kier alpha value is -2.36. The highest BCUT2D eigenvalue weighted by Gasteiger charge is 2.31. The van der Waals surface area contributed by atoms with E-state index in [0.29, 0.717) is 6.54 Å². The molecule has 1 unspecified atom stereocenters. The van der Waals surface area contributed by atoms with E-state index in [1.807, 2.05) is 30.3 Å². The van der Waals surface area contributed by atoms with Crippen molar-refractivity contribution in [3.05, 3.63) is 55.6 Å². The maximum atomic E-state index is 12.7. The Labute approximate surface area is 125 Å². The molecule has 0 saturated carbocycles. The molecule has 0 saturated heterocycles. The fourth-order valence-electron chi connectivity index (χ4n) is 1.96. The molecule has 1 aromatic rings. The van der Waals surface area contributed by atoms with Gasteiger partial charge in [0.25, 0.3) is 0 Å². The number of allylic oxidation sites excluding steroid dienone is 1. The van der Waals surface area contributed by atoms with Gasteiger partial charge in [-0.2, -0.15) is 0 Å². The van der Waals surface area contributed by atoms with Crippen LogP contribution in [0.15, 0.2) is 55.6 Å². The number of amides is 1. The van der Waals surface area contributed by atoms with E-state index in [-0.39, 0.29) is 18.9 Å². The molecule has 1 rings (SSSR count). The monoisotopic (exact) mass is 287 g/mol. The number of carbonyl (C=O) groups is 2. The van der Waals surface area contributed by atoms with Crippen molar-refractivity contribution < 1.29 is 14.3 Å². The van der Waals surface area contributed by atoms with Gasteiger partial charge < -0.3 is 9.64 Å². The number of rotatable bonds is 8. The number of anilines is 1. The minimum atomic E-state index is -0.873. The zero-order valence-corrected chi connectivity index (χ0v) is 12.3. The van der Waals surface area contributed by atoms with Crippen LogP contribution >= 0.6 is 0 Å². The van der Waals surface area contributed by atoms with E-state index < -0.39 is 11.9 Å². The summed E-state index contributed by atoms with van der Waals surface area (Å²) in [7, 11) is 0. The second kappa shape index (κ2) is 8.74. The van der Waals surface area contributed by atoms with E-state index in [0.717, 1.165) is 5.69 Å². The molecular formula is C17H21NO3. The third-order valence-electron chi connectivity index (χ3n) is 2.92. The van der Waals surface area contributed by atoms with Gasteiger partial charge in [-0.15, -0.1) is 13.2 Å². The van der Waals surface area contributed by atoms with Crippen molar-refractivity contribution in [2.24, 2.45) is 5.92 Å². The molecule has 0 fully saturated rings. The first-order valence-electron chi connectivity index (χ1n) is 6.90. The number of benzene rings is 1. The maximum absolute atomic E-state index is 12.7. The zero-order valence-electron chi connectivity index (χ0n) is 12.3. The van der Waals surface area contributed by atoms with E-state index in [2.05, 4.69) is 13.2 Å². The standard InChI is InChI=1S/C17H21NO3/c1-4-10-15(17(20)21-6-3)16(19)18(13-5-2)14-11-8-7-9-12-14/h4-5,7-9,11-12,15H,1-2,6,10,13H2,3H3. The summed E-state index contributed by atoms with van der Waals surface area (Å²) in [5.41, 5.74) is 0.723. The summed E-state index contributed by atoms with van der Waals surface area (Å²) < 4.78 is 4.98. The van der Waals surface area contributed by atoms with E-state index in [1.54, 1.807) is 19.1 Å². The topological polar surface area (TPSA) is 46.6 Å². The summed E-state index contributed by atoms with van der Waals surface area (Å²) in [5.74, 6) is -1.70. The molecule has 1 amide bonds. The first kappa shape index (κ1) is 16.7. The van der Waals surface area contributed by atoms with Crippen LogP contribution in [0.25, 0.3) is 0 Å². The highest BCUT2D eigenvalue weighted by atomic mass is 16.5. The molecule has 4 heteroatoms. The number of nitrogens with zero attached hydrogens (tertiary/aromatic N) is 1. The van der Waals surface area contributed by atoms with Crippen LogP contribution in [0.3, 0.4) is 0 Å². The third-order valence-corrected chi connectivity index (χ3v) is 2.92. The summed E-state index contributed by atoms with van der Waals surface area (Å²) in [6.07, 6.45) is 3.43. The number of esters is 1. The second-order valence-corrected chi connectivity index (χ2v) is 4.40. The lowest BCUT2D eigenvalue weighted by Crippen LogP contribution is -2.40. The molecule has 0 aliphatic heterocycles. The van der Waals surface area contributed by atoms with Gasteiger partial charge in [-0.05, 0) is 25.5 Å². The molecule has 0 bridgehead atoms. The minimum absolute atomic E-state index is 0.243. The molecule has 0 N–H and O–H groups in total. The Morgan fingerprint density at radius 1 is 1.24 bits per heavy atom. The van der Waals surface area contributed by atoms with E-state index in [1.165, 1.54) is 4.90 Å². The highest BCUT2D eigenvalue weighted by Crippen LogP contribution is 2.19. The summed E-state index contributed by atoms with van der Waals surface area (Å²) in [5, 5.41) is 0. The van der Waals surface area contributed by atoms with Crippen molar-refractivity contribution in [2.75, 3.05) is 18.1 Å². The van der Waals surface area contributed by atoms with Crippen molar-refractivity contribution in [2.45, 2.75) is 13.3 Å². The van der Waals surface area contributed by atoms with Crippen LogP contribution in [0.5, 0.6) is 0 Å². The van der Waals surface area contributed by atoms with E-state index >= 15 is 0 Å². The molecule has 1 aromatic carbocycles. The Morgan fingerprint density at radius 3 is 2.43 bits per heavy atom. The van der Waals surface area contributed by atoms with Crippen LogP contribution in [0, 0.1) is 5.92 Å². The molecule has 0 spiro atoms. The van der Waals surface area contributed by atoms with Crippen LogP contribution in [0.2, 0.25) is 0 Å². The van der Waals surface area contributed by atoms with Gasteiger partial charge in [0.15, 0.2) is 0 Å². The second-order valence-electron chi connectivity index (χ2n) is 4.40. The normalized spacial score (nSPS) is 11.3. The Kier molecular flexibility index (Phi) is 6.95. The fraction of sp³-hybridized carbons (Fsp3) is 0.294. The van der Waals surface area contributed by atoms with Gasteiger partial charge in [-0.25, -0.2) is 0 Å². The van der Waals surface area contributed by atoms with Gasteiger partial charge in [0.2, 0.25) is 5.91 Å². The lowest BCUT2D eigenvalue weighted by molar-refractivity contribution is -0.151. The van der Waals surface area contributed by atoms with Gasteiger partial charge >= 0.3 is 5.97 Å². The molecule has 1 atom stereocenters. The maximum Gasteiger partial charge on any atom is 0.318 e. The molecular weight excluding hydrogens is 266 g/mol. The average Bonchev–Trinajstić information content (AvgIpc) is 2.50. The van der Waals surface area contributed by atoms with Gasteiger partial charge in [-0.1, -0.05) is 30.4 Å². The Bertz CT molecular complexity index is 496. The van der Waals surface area contributed by atoms with Gasteiger partial charge in [-0.3, -0.25) is 9.59 Å². The number of para-hydroxylation sites is 1. The predicted molar refractivity (Wildman–Crippen MR) is 83.9 cm³/mol. The van der Waals surface area contributed by atoms with Crippen molar-refractivity contribution in [1.29, 1.82) is 0 Å². The van der Waals surface area contributed by atoms with Crippen molar-refractivity contribution in [3.63, 3.8) is 0 Å². The first-order valence-corrected chi connectivity index (χ1v) is 6.90. The minimum Gasteiger partial charge on any atom is -0.465 e. The smallest absolute Gasteiger partial charge is 0.318 e. The van der Waals surface area contributed by atoms with Gasteiger partial charge in [0.05, 0.1) is 6.61 Å². The van der Waals surface area contributed by atoms with Crippen molar-refractivity contribution >= 4 is 17.6 Å². The summed E-state index contributed by atoms with van der Waals surface area (Å²) in [6.45, 7) is 9.56. The molecule has 0 aliphatic rings. The Morgan fingerprint density at radius 2 is 1.90 bits per heavy atom. The van der Waals surface area contributed by atoms with Crippen LogP contribution in [-0.2, 0) is 14.3 Å². The quantitative estimate of drug-likeness (QED) is 0.419. The average molecular weight is 287 g/mol. The van der Waals surface area contributed by atoms with E-state index in [4.69, 9.17) is 4.74 Å². The molecule has 0 aliphatic carbocycles. The van der Waals surface area contributed by atoms with Crippen molar-refractivity contribution in [1.82, 2.24) is 0 Å². The SMILES string of the molecule is C=CCC(C(=O)OCC)C(=O)N(CC=C)c1ccccc1. The summed E-state index contributed by atoms with van der Waals surface area (Å²) in [6, 6.07) is 9.18. The number of ether oxygens (including phenoxy) is 1. The highest BCUT2D eigenvalue weighted by molar-refractivity contribution is 6.06. The van der Waals surface area contributed by atoms with Crippen LogP contribution in [0.4, 0.5) is 5.69 Å². The molecule has 0 radical (unpaired) electrons. The summed E-state index contributed by atoms with van der Waals surface area (Å²) in [4.78, 5) is 26.2.